The van der Waals surface area contributed by atoms with Crippen LogP contribution < -0.4 is 5.73 Å². The lowest BCUT2D eigenvalue weighted by atomic mass is 10.1. The van der Waals surface area contributed by atoms with Crippen molar-refractivity contribution in [3.63, 3.8) is 0 Å². The molecular weight excluding hydrogens is 148 g/mol. The molecule has 2 nitrogen and oxygen atoms in total. The Balaban J connectivity index is 0. The molecule has 0 aromatic heterocycles. The Morgan fingerprint density at radius 1 is 1.42 bits per heavy atom. The highest BCUT2D eigenvalue weighted by Crippen LogP contribution is 2.12. The second kappa shape index (κ2) is 5.35. The van der Waals surface area contributed by atoms with Gasteiger partial charge in [0.15, 0.2) is 0 Å². The third-order valence-electron chi connectivity index (χ3n) is 1.50. The Morgan fingerprint density at radius 3 is 2.33 bits per heavy atom. The first-order chi connectivity index (χ1) is 5.75. The van der Waals surface area contributed by atoms with E-state index >= 15 is 0 Å². The van der Waals surface area contributed by atoms with Crippen LogP contribution in [0.25, 0.3) is 0 Å². The van der Waals surface area contributed by atoms with E-state index in [1.54, 1.807) is 6.07 Å². The molecule has 0 spiro atoms. The fraction of sp³-hybridized carbons (Fsp3) is 0.300. The van der Waals surface area contributed by atoms with Crippen LogP contribution in [0.3, 0.4) is 0 Å². The summed E-state index contributed by atoms with van der Waals surface area (Å²) in [5, 5.41) is 7.02. The van der Waals surface area contributed by atoms with Crippen molar-refractivity contribution in [3.05, 3.63) is 29.3 Å². The molecule has 12 heavy (non-hydrogen) atoms. The number of anilines is 1. The number of benzene rings is 1. The summed E-state index contributed by atoms with van der Waals surface area (Å²) >= 11 is 0. The molecule has 1 aromatic rings. The number of nitrogen functional groups attached to an aromatic ring is 1. The van der Waals surface area contributed by atoms with Gasteiger partial charge in [0.1, 0.15) is 0 Å². The van der Waals surface area contributed by atoms with Crippen LogP contribution in [0, 0.1) is 12.3 Å². The van der Waals surface area contributed by atoms with Gasteiger partial charge in [-0.3, -0.25) is 0 Å². The smallest absolute Gasteiger partial charge is 0.0405 e. The first-order valence-electron chi connectivity index (χ1n) is 4.11. The third kappa shape index (κ3) is 2.38. The summed E-state index contributed by atoms with van der Waals surface area (Å²) in [6, 6.07) is 5.63. The van der Waals surface area contributed by atoms with Crippen LogP contribution in [0.4, 0.5) is 5.69 Å². The molecule has 3 N–H and O–H groups in total. The maximum Gasteiger partial charge on any atom is 0.0405 e. The minimum absolute atomic E-state index is 0. The fourth-order valence-corrected chi connectivity index (χ4v) is 0.901. The van der Waals surface area contributed by atoms with Crippen LogP contribution in [0.15, 0.2) is 18.2 Å². The Bertz CT molecular complexity index is 239. The highest BCUT2D eigenvalue weighted by atomic mass is 14.6. The van der Waals surface area contributed by atoms with E-state index in [1.165, 1.54) is 6.21 Å². The zero-order valence-electron chi connectivity index (χ0n) is 7.89. The van der Waals surface area contributed by atoms with Crippen molar-refractivity contribution in [2.24, 2.45) is 0 Å². The molecule has 0 radical (unpaired) electrons. The lowest BCUT2D eigenvalue weighted by molar-refractivity contribution is 1.43. The average molecular weight is 166 g/mol. The lowest BCUT2D eigenvalue weighted by Crippen LogP contribution is -1.94. The minimum atomic E-state index is 0. The van der Waals surface area contributed by atoms with Gasteiger partial charge in [0.05, 0.1) is 0 Å². The predicted molar refractivity (Wildman–Crippen MR) is 56.9 cm³/mol. The van der Waals surface area contributed by atoms with Crippen LogP contribution in [-0.4, -0.2) is 6.21 Å². The van der Waals surface area contributed by atoms with Crippen LogP contribution in [0.2, 0.25) is 0 Å². The molecule has 0 aliphatic carbocycles. The van der Waals surface area contributed by atoms with Crippen molar-refractivity contribution >= 4 is 11.9 Å². The van der Waals surface area contributed by atoms with Crippen molar-refractivity contribution in [1.82, 2.24) is 0 Å². The van der Waals surface area contributed by atoms with Gasteiger partial charge in [0.2, 0.25) is 0 Å². The standard InChI is InChI=1S/C8H10N2.C2H6.H2/c1-6-3-2-4-8(10)7(6)5-9;1-2;/h2-5,9H,10H2,1H3;1-2H3;1H. The van der Waals surface area contributed by atoms with Gasteiger partial charge >= 0.3 is 0 Å². The van der Waals surface area contributed by atoms with Crippen molar-refractivity contribution in [2.75, 3.05) is 5.73 Å². The van der Waals surface area contributed by atoms with Gasteiger partial charge in [-0.15, -0.1) is 0 Å². The number of hydrogen-bond acceptors (Lipinski definition) is 2. The first-order valence-corrected chi connectivity index (χ1v) is 4.11. The van der Waals surface area contributed by atoms with Gasteiger partial charge in [-0.25, -0.2) is 0 Å². The summed E-state index contributed by atoms with van der Waals surface area (Å²) in [5.74, 6) is 0. The van der Waals surface area contributed by atoms with E-state index in [9.17, 15) is 0 Å². The monoisotopic (exact) mass is 166 g/mol. The lowest BCUT2D eigenvalue weighted by Gasteiger charge is -2.01. The van der Waals surface area contributed by atoms with Crippen LogP contribution in [-0.2, 0) is 0 Å². The average Bonchev–Trinajstić information content (AvgIpc) is 2.08. The van der Waals surface area contributed by atoms with Crippen LogP contribution in [0.5, 0.6) is 0 Å². The molecule has 0 amide bonds. The number of aryl methyl sites for hydroxylation is 1. The van der Waals surface area contributed by atoms with Gasteiger partial charge < -0.3 is 11.1 Å². The van der Waals surface area contributed by atoms with E-state index in [1.807, 2.05) is 32.9 Å². The van der Waals surface area contributed by atoms with Gasteiger partial charge in [-0.1, -0.05) is 26.0 Å². The van der Waals surface area contributed by atoms with Crippen molar-refractivity contribution in [3.8, 4) is 0 Å². The topological polar surface area (TPSA) is 49.9 Å². The van der Waals surface area contributed by atoms with Gasteiger partial charge in [-0.2, -0.15) is 0 Å². The Labute approximate surface area is 75.4 Å². The van der Waals surface area contributed by atoms with E-state index in [0.29, 0.717) is 5.69 Å². The Hall–Kier alpha value is -1.31. The van der Waals surface area contributed by atoms with E-state index in [-0.39, 0.29) is 1.43 Å². The summed E-state index contributed by atoms with van der Waals surface area (Å²) in [6.45, 7) is 5.94. The number of nitrogens with two attached hydrogens (primary N) is 1. The van der Waals surface area contributed by atoms with Crippen molar-refractivity contribution in [1.29, 1.82) is 5.41 Å². The molecule has 1 rings (SSSR count). The maximum atomic E-state index is 7.02. The normalized spacial score (nSPS) is 8.25. The molecule has 68 valence electrons. The molecule has 0 unspecified atom stereocenters. The quantitative estimate of drug-likeness (QED) is 0.489. The molecule has 2 heteroatoms. The van der Waals surface area contributed by atoms with E-state index in [0.717, 1.165) is 11.1 Å². The second-order valence-corrected chi connectivity index (χ2v) is 2.22. The molecule has 0 atom stereocenters. The number of hydrogen-bond donors (Lipinski definition) is 2. The van der Waals surface area contributed by atoms with Gasteiger partial charge in [0.25, 0.3) is 0 Å². The maximum absolute atomic E-state index is 7.02. The molecule has 0 aliphatic heterocycles. The Morgan fingerprint density at radius 2 is 2.00 bits per heavy atom. The first kappa shape index (κ1) is 10.7. The molecule has 0 aliphatic rings. The summed E-state index contributed by atoms with van der Waals surface area (Å²) in [4.78, 5) is 0. The van der Waals surface area contributed by atoms with E-state index in [2.05, 4.69) is 0 Å². The van der Waals surface area contributed by atoms with Gasteiger partial charge in [-0.05, 0) is 18.6 Å². The summed E-state index contributed by atoms with van der Waals surface area (Å²) in [5.41, 5.74) is 8.13. The summed E-state index contributed by atoms with van der Waals surface area (Å²) < 4.78 is 0. The molecule has 1 aromatic carbocycles. The van der Waals surface area contributed by atoms with Crippen molar-refractivity contribution < 1.29 is 1.43 Å². The SMILES string of the molecule is CC.Cc1cccc(N)c1C=N.[HH]. The summed E-state index contributed by atoms with van der Waals surface area (Å²) in [7, 11) is 0. The number of nitrogens with one attached hydrogen (secondary N) is 1. The molecular formula is C10H18N2. The second-order valence-electron chi connectivity index (χ2n) is 2.22. The zero-order chi connectivity index (χ0) is 9.56. The van der Waals surface area contributed by atoms with Crippen molar-refractivity contribution in [2.45, 2.75) is 20.8 Å². The van der Waals surface area contributed by atoms with E-state index < -0.39 is 0 Å². The van der Waals surface area contributed by atoms with Gasteiger partial charge in [0, 0.05) is 18.9 Å². The minimum Gasteiger partial charge on any atom is -0.398 e. The molecule has 0 saturated carbocycles. The van der Waals surface area contributed by atoms with E-state index in [4.69, 9.17) is 11.1 Å². The summed E-state index contributed by atoms with van der Waals surface area (Å²) in [6.07, 6.45) is 1.28. The Kier molecular flexibility index (Phi) is 4.77. The molecule has 0 bridgehead atoms. The largest absolute Gasteiger partial charge is 0.398 e. The predicted octanol–water partition coefficient (Wildman–Crippen LogP) is 2.85. The van der Waals surface area contributed by atoms with Crippen LogP contribution >= 0.6 is 0 Å². The molecule has 0 fully saturated rings. The molecule has 0 saturated heterocycles. The highest BCUT2D eigenvalue weighted by molar-refractivity contribution is 5.86. The highest BCUT2D eigenvalue weighted by Gasteiger charge is 1.96. The number of rotatable bonds is 1. The van der Waals surface area contributed by atoms with Crippen LogP contribution in [0.1, 0.15) is 26.4 Å². The fourth-order valence-electron chi connectivity index (χ4n) is 0.901. The third-order valence-corrected chi connectivity index (χ3v) is 1.50. The zero-order valence-corrected chi connectivity index (χ0v) is 7.89. The molecule has 0 heterocycles.